The molecule has 2 aromatic heterocycles. The second kappa shape index (κ2) is 6.61. The molecular formula is C20H17N3OS. The number of ether oxygens (including phenoxy) is 1. The standard InChI is InChI=1S/C20H17N3OS/c1-13-9-10-21-17(11-13)15-5-3-4-6-19(15)25-20-22-16-8-7-14(24-2)12-18(16)23-20/h3-12H,1-2H3,(H,22,23). The van der Waals surface area contributed by atoms with Crippen LogP contribution in [0.25, 0.3) is 22.3 Å². The van der Waals surface area contributed by atoms with Gasteiger partial charge < -0.3 is 9.72 Å². The van der Waals surface area contributed by atoms with Gasteiger partial charge in [-0.3, -0.25) is 4.98 Å². The largest absolute Gasteiger partial charge is 0.497 e. The monoisotopic (exact) mass is 347 g/mol. The average molecular weight is 347 g/mol. The summed E-state index contributed by atoms with van der Waals surface area (Å²) in [7, 11) is 1.66. The molecule has 0 saturated carbocycles. The van der Waals surface area contributed by atoms with Crippen molar-refractivity contribution >= 4 is 22.8 Å². The molecule has 124 valence electrons. The summed E-state index contributed by atoms with van der Waals surface area (Å²) in [5, 5.41) is 0.850. The van der Waals surface area contributed by atoms with Gasteiger partial charge in [-0.25, -0.2) is 4.98 Å². The number of pyridine rings is 1. The molecule has 0 aliphatic carbocycles. The Hall–Kier alpha value is -2.79. The molecule has 0 radical (unpaired) electrons. The lowest BCUT2D eigenvalue weighted by Gasteiger charge is -2.07. The van der Waals surface area contributed by atoms with E-state index in [1.54, 1.807) is 18.9 Å². The van der Waals surface area contributed by atoms with Gasteiger partial charge in [0.2, 0.25) is 0 Å². The van der Waals surface area contributed by atoms with Crippen LogP contribution in [0.3, 0.4) is 0 Å². The molecule has 5 heteroatoms. The predicted molar refractivity (Wildman–Crippen MR) is 101 cm³/mol. The average Bonchev–Trinajstić information content (AvgIpc) is 3.03. The SMILES string of the molecule is COc1ccc2nc(Sc3ccccc3-c3cc(C)ccn3)[nH]c2c1. The van der Waals surface area contributed by atoms with Gasteiger partial charge >= 0.3 is 0 Å². The van der Waals surface area contributed by atoms with Crippen LogP contribution in [0, 0.1) is 6.92 Å². The van der Waals surface area contributed by atoms with Gasteiger partial charge in [-0.15, -0.1) is 0 Å². The van der Waals surface area contributed by atoms with E-state index >= 15 is 0 Å². The minimum Gasteiger partial charge on any atom is -0.497 e. The van der Waals surface area contributed by atoms with Crippen LogP contribution in [0.4, 0.5) is 0 Å². The van der Waals surface area contributed by atoms with E-state index < -0.39 is 0 Å². The van der Waals surface area contributed by atoms with Gasteiger partial charge in [0.25, 0.3) is 0 Å². The molecule has 0 bridgehead atoms. The third kappa shape index (κ3) is 3.23. The lowest BCUT2D eigenvalue weighted by Crippen LogP contribution is -1.87. The van der Waals surface area contributed by atoms with Crippen LogP contribution in [-0.4, -0.2) is 22.1 Å². The van der Waals surface area contributed by atoms with Crippen LogP contribution in [0.2, 0.25) is 0 Å². The Morgan fingerprint density at radius 1 is 1.04 bits per heavy atom. The van der Waals surface area contributed by atoms with E-state index in [-0.39, 0.29) is 0 Å². The molecule has 25 heavy (non-hydrogen) atoms. The highest BCUT2D eigenvalue weighted by atomic mass is 32.2. The van der Waals surface area contributed by atoms with Crippen LogP contribution in [-0.2, 0) is 0 Å². The van der Waals surface area contributed by atoms with E-state index in [1.807, 2.05) is 42.6 Å². The summed E-state index contributed by atoms with van der Waals surface area (Å²) in [5.74, 6) is 0.817. The topological polar surface area (TPSA) is 50.8 Å². The smallest absolute Gasteiger partial charge is 0.171 e. The van der Waals surface area contributed by atoms with Crippen molar-refractivity contribution in [1.29, 1.82) is 0 Å². The number of nitrogens with zero attached hydrogens (tertiary/aromatic N) is 2. The lowest BCUT2D eigenvalue weighted by atomic mass is 10.1. The number of aromatic amines is 1. The van der Waals surface area contributed by atoms with Crippen molar-refractivity contribution in [3.8, 4) is 17.0 Å². The third-order valence-electron chi connectivity index (χ3n) is 3.95. The Bertz CT molecular complexity index is 1040. The van der Waals surface area contributed by atoms with Gasteiger partial charge in [-0.2, -0.15) is 0 Å². The number of aromatic nitrogens is 3. The molecule has 4 nitrogen and oxygen atoms in total. The van der Waals surface area contributed by atoms with Crippen LogP contribution >= 0.6 is 11.8 Å². The van der Waals surface area contributed by atoms with Gasteiger partial charge in [0.15, 0.2) is 5.16 Å². The van der Waals surface area contributed by atoms with Gasteiger partial charge in [0, 0.05) is 22.7 Å². The second-order valence-electron chi connectivity index (χ2n) is 5.74. The molecule has 0 spiro atoms. The number of hydrogen-bond acceptors (Lipinski definition) is 4. The van der Waals surface area contributed by atoms with Crippen molar-refractivity contribution in [2.24, 2.45) is 0 Å². The van der Waals surface area contributed by atoms with Gasteiger partial charge in [-0.05, 0) is 42.8 Å². The van der Waals surface area contributed by atoms with Gasteiger partial charge in [0.1, 0.15) is 5.75 Å². The summed E-state index contributed by atoms with van der Waals surface area (Å²) in [6.45, 7) is 2.08. The zero-order chi connectivity index (χ0) is 17.2. The Morgan fingerprint density at radius 3 is 2.76 bits per heavy atom. The molecule has 0 aliphatic rings. The Labute approximate surface area is 150 Å². The second-order valence-corrected chi connectivity index (χ2v) is 6.77. The molecule has 0 amide bonds. The number of nitrogens with one attached hydrogen (secondary N) is 1. The van der Waals surface area contributed by atoms with E-state index in [0.717, 1.165) is 38.1 Å². The minimum atomic E-state index is 0.817. The molecule has 2 heterocycles. The fraction of sp³-hybridized carbons (Fsp3) is 0.100. The zero-order valence-corrected chi connectivity index (χ0v) is 14.8. The van der Waals surface area contributed by atoms with Crippen LogP contribution in [0.5, 0.6) is 5.75 Å². The molecule has 0 aliphatic heterocycles. The third-order valence-corrected chi connectivity index (χ3v) is 4.92. The maximum Gasteiger partial charge on any atom is 0.171 e. The van der Waals surface area contributed by atoms with Crippen LogP contribution in [0.1, 0.15) is 5.56 Å². The normalized spacial score (nSPS) is 11.0. The fourth-order valence-corrected chi connectivity index (χ4v) is 3.64. The molecular weight excluding hydrogens is 330 g/mol. The van der Waals surface area contributed by atoms with Crippen molar-refractivity contribution in [2.45, 2.75) is 17.0 Å². The maximum atomic E-state index is 5.28. The van der Waals surface area contributed by atoms with Gasteiger partial charge in [-0.1, -0.05) is 30.0 Å². The molecule has 1 N–H and O–H groups in total. The Morgan fingerprint density at radius 2 is 1.92 bits per heavy atom. The van der Waals surface area contributed by atoms with Crippen molar-refractivity contribution in [2.75, 3.05) is 7.11 Å². The predicted octanol–water partition coefficient (Wildman–Crippen LogP) is 5.09. The number of benzene rings is 2. The highest BCUT2D eigenvalue weighted by molar-refractivity contribution is 7.99. The summed E-state index contributed by atoms with van der Waals surface area (Å²) in [5.41, 5.74) is 5.17. The lowest BCUT2D eigenvalue weighted by molar-refractivity contribution is 0.415. The van der Waals surface area contributed by atoms with Crippen molar-refractivity contribution < 1.29 is 4.74 Å². The van der Waals surface area contributed by atoms with E-state index in [0.29, 0.717) is 0 Å². The van der Waals surface area contributed by atoms with E-state index in [4.69, 9.17) is 4.74 Å². The Balaban J connectivity index is 1.72. The number of methoxy groups -OCH3 is 1. The first-order valence-electron chi connectivity index (χ1n) is 7.96. The number of imidazole rings is 1. The van der Waals surface area contributed by atoms with Crippen LogP contribution < -0.4 is 4.74 Å². The van der Waals surface area contributed by atoms with Crippen molar-refractivity contribution in [3.05, 3.63) is 66.4 Å². The van der Waals surface area contributed by atoms with Crippen LogP contribution in [0.15, 0.2) is 70.8 Å². The summed E-state index contributed by atoms with van der Waals surface area (Å²) in [6, 6.07) is 18.2. The first kappa shape index (κ1) is 15.7. The fourth-order valence-electron chi connectivity index (χ4n) is 2.70. The highest BCUT2D eigenvalue weighted by Crippen LogP contribution is 2.35. The van der Waals surface area contributed by atoms with E-state index in [9.17, 15) is 0 Å². The summed E-state index contributed by atoms with van der Waals surface area (Å²) >= 11 is 1.61. The number of H-pyrrole nitrogens is 1. The molecule has 2 aromatic carbocycles. The number of aryl methyl sites for hydroxylation is 1. The first-order valence-corrected chi connectivity index (χ1v) is 8.78. The minimum absolute atomic E-state index is 0.817. The molecule has 0 saturated heterocycles. The molecule has 4 rings (SSSR count). The summed E-state index contributed by atoms with van der Waals surface area (Å²) in [6.07, 6.45) is 1.85. The molecule has 0 atom stereocenters. The maximum absolute atomic E-state index is 5.28. The number of hydrogen-bond donors (Lipinski definition) is 1. The molecule has 4 aromatic rings. The quantitative estimate of drug-likeness (QED) is 0.558. The van der Waals surface area contributed by atoms with Gasteiger partial charge in [0.05, 0.1) is 23.8 Å². The summed E-state index contributed by atoms with van der Waals surface area (Å²) in [4.78, 5) is 13.7. The summed E-state index contributed by atoms with van der Waals surface area (Å²) < 4.78 is 5.28. The first-order chi connectivity index (χ1) is 12.2. The Kier molecular flexibility index (Phi) is 4.15. The number of fused-ring (bicyclic) bond motifs is 1. The van der Waals surface area contributed by atoms with Crippen molar-refractivity contribution in [1.82, 2.24) is 15.0 Å². The van der Waals surface area contributed by atoms with E-state index in [2.05, 4.69) is 40.1 Å². The number of rotatable bonds is 4. The zero-order valence-electron chi connectivity index (χ0n) is 14.0. The van der Waals surface area contributed by atoms with Crippen molar-refractivity contribution in [3.63, 3.8) is 0 Å². The van der Waals surface area contributed by atoms with E-state index in [1.165, 1.54) is 5.56 Å². The molecule has 0 unspecified atom stereocenters. The molecule has 0 fully saturated rings. The highest BCUT2D eigenvalue weighted by Gasteiger charge is 2.11.